The average molecular weight is 645 g/mol. The molecule has 1 aliphatic heterocycles. The molecule has 0 saturated carbocycles. The molecule has 1 saturated heterocycles. The van der Waals surface area contributed by atoms with E-state index in [-0.39, 0.29) is 18.8 Å². The van der Waals surface area contributed by atoms with Crippen LogP contribution < -0.4 is 14.4 Å². The highest BCUT2D eigenvalue weighted by molar-refractivity contribution is 7.89. The molecule has 0 atom stereocenters. The molecular formula is C31H31F3N4O6S. The highest BCUT2D eigenvalue weighted by Gasteiger charge is 2.52. The van der Waals surface area contributed by atoms with Gasteiger partial charge in [-0.15, -0.1) is 0 Å². The second kappa shape index (κ2) is 12.8. The summed E-state index contributed by atoms with van der Waals surface area (Å²) < 4.78 is 80.1. The number of sulfonamides is 1. The third kappa shape index (κ3) is 7.05. The normalized spacial score (nSPS) is 15.0. The lowest BCUT2D eigenvalue weighted by molar-refractivity contribution is -0.136. The Morgan fingerprint density at radius 1 is 0.889 bits per heavy atom. The molecule has 4 rings (SSSR count). The third-order valence-corrected chi connectivity index (χ3v) is 9.23. The number of alkyl halides is 3. The lowest BCUT2D eigenvalue weighted by atomic mass is 10.0. The standard InChI is InChI=1S/C31H31F3N4O6S/c1-30(2)28(39)38(23-10-15-27(35-3)26(18-23)31(32,33)34)29(40)37(30)16-17-45(41,42)36(19-21-6-11-24(43-4)12-7-21)20-22-8-13-25(44-5)14-9-22/h6-15,18H,16-17,19-20H2,1-2,4-5H3. The topological polar surface area (TPSA) is 101 Å². The molecule has 0 bridgehead atoms. The Morgan fingerprint density at radius 2 is 1.40 bits per heavy atom. The number of halogens is 3. The van der Waals surface area contributed by atoms with Crippen molar-refractivity contribution in [1.82, 2.24) is 9.21 Å². The van der Waals surface area contributed by atoms with Crippen LogP contribution in [-0.2, 0) is 34.1 Å². The van der Waals surface area contributed by atoms with Crippen molar-refractivity contribution < 1.29 is 40.7 Å². The highest BCUT2D eigenvalue weighted by Crippen LogP contribution is 2.41. The van der Waals surface area contributed by atoms with Crippen LogP contribution in [0.3, 0.4) is 0 Å². The number of carbonyl (C=O) groups excluding carboxylic acids is 2. The van der Waals surface area contributed by atoms with E-state index in [1.54, 1.807) is 48.5 Å². The van der Waals surface area contributed by atoms with Gasteiger partial charge in [-0.2, -0.15) is 17.5 Å². The second-order valence-corrected chi connectivity index (χ2v) is 12.8. The van der Waals surface area contributed by atoms with E-state index >= 15 is 0 Å². The van der Waals surface area contributed by atoms with Crippen LogP contribution in [0.2, 0.25) is 0 Å². The minimum absolute atomic E-state index is 0.00558. The van der Waals surface area contributed by atoms with Crippen molar-refractivity contribution in [3.05, 3.63) is 94.8 Å². The fourth-order valence-corrected chi connectivity index (χ4v) is 6.25. The number of urea groups is 1. The smallest absolute Gasteiger partial charge is 0.407 e. The maximum absolute atomic E-state index is 13.8. The summed E-state index contributed by atoms with van der Waals surface area (Å²) in [6, 6.07) is 15.3. The van der Waals surface area contributed by atoms with E-state index in [2.05, 4.69) is 4.85 Å². The average Bonchev–Trinajstić information content (AvgIpc) is 3.17. The van der Waals surface area contributed by atoms with Gasteiger partial charge >= 0.3 is 12.2 Å². The van der Waals surface area contributed by atoms with E-state index in [1.807, 2.05) is 0 Å². The highest BCUT2D eigenvalue weighted by atomic mass is 32.2. The van der Waals surface area contributed by atoms with E-state index in [0.717, 1.165) is 17.0 Å². The van der Waals surface area contributed by atoms with Crippen molar-refractivity contribution in [3.8, 4) is 11.5 Å². The fourth-order valence-electron chi connectivity index (χ4n) is 4.88. The Balaban J connectivity index is 1.60. The number of imide groups is 1. The van der Waals surface area contributed by atoms with E-state index in [0.29, 0.717) is 33.6 Å². The molecular weight excluding hydrogens is 613 g/mol. The predicted octanol–water partition coefficient (Wildman–Crippen LogP) is 5.85. The number of carbonyl (C=O) groups is 2. The van der Waals surface area contributed by atoms with Gasteiger partial charge in [0.2, 0.25) is 10.0 Å². The molecule has 3 amide bonds. The van der Waals surface area contributed by atoms with Gasteiger partial charge in [-0.05, 0) is 61.4 Å². The summed E-state index contributed by atoms with van der Waals surface area (Å²) in [6.07, 6.45) is -4.90. The molecule has 3 aromatic rings. The number of anilines is 1. The lowest BCUT2D eigenvalue weighted by Crippen LogP contribution is -2.47. The van der Waals surface area contributed by atoms with Crippen LogP contribution in [0.4, 0.5) is 29.3 Å². The third-order valence-electron chi connectivity index (χ3n) is 7.49. The summed E-state index contributed by atoms with van der Waals surface area (Å²) in [4.78, 5) is 31.3. The summed E-state index contributed by atoms with van der Waals surface area (Å²) >= 11 is 0. The first-order valence-electron chi connectivity index (χ1n) is 13.6. The van der Waals surface area contributed by atoms with Crippen molar-refractivity contribution in [2.75, 3.05) is 31.4 Å². The largest absolute Gasteiger partial charge is 0.497 e. The number of hydrogen-bond donors (Lipinski definition) is 0. The number of ether oxygens (including phenoxy) is 2. The Kier molecular flexibility index (Phi) is 9.46. The number of hydrogen-bond acceptors (Lipinski definition) is 6. The van der Waals surface area contributed by atoms with Gasteiger partial charge in [-0.3, -0.25) is 4.79 Å². The van der Waals surface area contributed by atoms with Crippen LogP contribution in [0.15, 0.2) is 66.7 Å². The molecule has 1 heterocycles. The number of methoxy groups -OCH3 is 2. The van der Waals surface area contributed by atoms with Crippen LogP contribution in [-0.4, -0.2) is 61.6 Å². The van der Waals surface area contributed by atoms with Crippen molar-refractivity contribution in [1.29, 1.82) is 0 Å². The molecule has 0 aromatic heterocycles. The first-order chi connectivity index (χ1) is 21.1. The molecule has 0 radical (unpaired) electrons. The number of nitrogens with zero attached hydrogens (tertiary/aromatic N) is 4. The Bertz CT molecular complexity index is 1670. The van der Waals surface area contributed by atoms with E-state index in [4.69, 9.17) is 16.0 Å². The first-order valence-corrected chi connectivity index (χ1v) is 15.2. The van der Waals surface area contributed by atoms with Gasteiger partial charge in [0.15, 0.2) is 5.69 Å². The predicted molar refractivity (Wildman–Crippen MR) is 160 cm³/mol. The molecule has 238 valence electrons. The van der Waals surface area contributed by atoms with Crippen molar-refractivity contribution >= 4 is 33.3 Å². The van der Waals surface area contributed by atoms with Crippen LogP contribution in [0.25, 0.3) is 4.85 Å². The minimum Gasteiger partial charge on any atom is -0.497 e. The number of amides is 3. The molecule has 0 aliphatic carbocycles. The monoisotopic (exact) mass is 644 g/mol. The quantitative estimate of drug-likeness (QED) is 0.192. The summed E-state index contributed by atoms with van der Waals surface area (Å²) in [7, 11) is -1.05. The minimum atomic E-state index is -4.90. The molecule has 0 unspecified atom stereocenters. The Hall–Kier alpha value is -4.61. The summed E-state index contributed by atoms with van der Waals surface area (Å²) in [5, 5.41) is 0. The van der Waals surface area contributed by atoms with Crippen LogP contribution in [0.1, 0.15) is 30.5 Å². The molecule has 0 N–H and O–H groups in total. The maximum Gasteiger partial charge on any atom is 0.407 e. The molecule has 45 heavy (non-hydrogen) atoms. The molecule has 3 aromatic carbocycles. The zero-order valence-corrected chi connectivity index (χ0v) is 25.8. The zero-order chi connectivity index (χ0) is 33.2. The molecule has 1 fully saturated rings. The maximum atomic E-state index is 13.8. The fraction of sp³-hybridized carbons (Fsp3) is 0.323. The summed E-state index contributed by atoms with van der Waals surface area (Å²) in [6.45, 7) is 9.41. The van der Waals surface area contributed by atoms with Gasteiger partial charge in [0.1, 0.15) is 17.0 Å². The SMILES string of the molecule is [C-]#[N+]c1ccc(N2C(=O)N(CCS(=O)(=O)N(Cc3ccc(OC)cc3)Cc3ccc(OC)cc3)C(C)(C)C2=O)cc1C(F)(F)F. The van der Waals surface area contributed by atoms with Gasteiger partial charge in [-0.25, -0.2) is 23.0 Å². The van der Waals surface area contributed by atoms with Gasteiger partial charge in [0, 0.05) is 19.6 Å². The van der Waals surface area contributed by atoms with Gasteiger partial charge in [0.25, 0.3) is 5.91 Å². The summed E-state index contributed by atoms with van der Waals surface area (Å²) in [5.74, 6) is -0.209. The van der Waals surface area contributed by atoms with Crippen LogP contribution in [0.5, 0.6) is 11.5 Å². The number of benzene rings is 3. The molecule has 14 heteroatoms. The molecule has 1 aliphatic rings. The second-order valence-electron chi connectivity index (χ2n) is 10.7. The lowest BCUT2D eigenvalue weighted by Gasteiger charge is -2.29. The Morgan fingerprint density at radius 3 is 1.84 bits per heavy atom. The van der Waals surface area contributed by atoms with Gasteiger partial charge in [0.05, 0.1) is 37.8 Å². The van der Waals surface area contributed by atoms with Crippen molar-refractivity contribution in [2.45, 2.75) is 38.7 Å². The van der Waals surface area contributed by atoms with Gasteiger partial charge in [-0.1, -0.05) is 30.3 Å². The first kappa shape index (κ1) is 33.3. The summed E-state index contributed by atoms with van der Waals surface area (Å²) in [5.41, 5.74) is -2.56. The van der Waals surface area contributed by atoms with Crippen LogP contribution >= 0.6 is 0 Å². The van der Waals surface area contributed by atoms with Crippen LogP contribution in [0, 0.1) is 6.57 Å². The molecule has 0 spiro atoms. The van der Waals surface area contributed by atoms with Crippen molar-refractivity contribution in [3.63, 3.8) is 0 Å². The zero-order valence-electron chi connectivity index (χ0n) is 25.0. The van der Waals surface area contributed by atoms with Gasteiger partial charge < -0.3 is 14.4 Å². The molecule has 10 nitrogen and oxygen atoms in total. The van der Waals surface area contributed by atoms with Crippen molar-refractivity contribution in [2.24, 2.45) is 0 Å². The van der Waals surface area contributed by atoms with E-state index in [1.165, 1.54) is 32.4 Å². The number of rotatable bonds is 11. The Labute approximate surface area is 259 Å². The van der Waals surface area contributed by atoms with E-state index in [9.17, 15) is 31.2 Å². The van der Waals surface area contributed by atoms with E-state index < -0.39 is 57.2 Å².